The summed E-state index contributed by atoms with van der Waals surface area (Å²) in [6, 6.07) is 103. The van der Waals surface area contributed by atoms with E-state index in [0.717, 1.165) is 17.1 Å². The Balaban J connectivity index is 0.911. The summed E-state index contributed by atoms with van der Waals surface area (Å²) in [4.78, 5) is 5.01. The highest BCUT2D eigenvalue weighted by molar-refractivity contribution is 5.97. The molecule has 0 saturated carbocycles. The molecule has 0 radical (unpaired) electrons. The van der Waals surface area contributed by atoms with Crippen molar-refractivity contribution >= 4 is 34.0 Å². The van der Waals surface area contributed by atoms with Gasteiger partial charge < -0.3 is 9.80 Å². The van der Waals surface area contributed by atoms with E-state index in [1.807, 2.05) is 0 Å². The molecule has 0 aliphatic heterocycles. The lowest BCUT2D eigenvalue weighted by molar-refractivity contribution is 0.611. The zero-order valence-corrected chi connectivity index (χ0v) is 42.3. The molecule has 11 aromatic rings. The standard InChI is InChI=1S/C74H54N2/c1-51-48-59(58-32-30-55(31-33-58)52-18-6-2-7-19-52)38-47-73(51)76(60-24-12-5-13-25-60)64-44-46-68-67-45-43-63(49-71(67)74(72(68)50-64)69-28-16-14-26-65(69)66-27-15-17-29-70(66)74)75(61-39-34-56(35-40-61)53-20-8-3-9-21-53)62-41-36-57(37-42-62)54-22-10-4-11-23-54/h2-51,73H,1H3. The fraction of sp³-hybridized carbons (Fsp3) is 0.0541. The molecule has 0 aromatic heterocycles. The lowest BCUT2D eigenvalue weighted by atomic mass is 9.70. The average Bonchev–Trinajstić information content (AvgIpc) is 4.19. The quantitative estimate of drug-likeness (QED) is 0.135. The summed E-state index contributed by atoms with van der Waals surface area (Å²) in [6.07, 6.45) is 7.23. The summed E-state index contributed by atoms with van der Waals surface area (Å²) in [7, 11) is 0. The first kappa shape index (κ1) is 45.1. The molecule has 2 nitrogen and oxygen atoms in total. The summed E-state index contributed by atoms with van der Waals surface area (Å²) < 4.78 is 0. The number of hydrogen-bond donors (Lipinski definition) is 0. The Hall–Kier alpha value is -9.50. The maximum atomic E-state index is 2.57. The van der Waals surface area contributed by atoms with Gasteiger partial charge in [-0.25, -0.2) is 0 Å². The van der Waals surface area contributed by atoms with Gasteiger partial charge in [-0.05, 0) is 156 Å². The number of anilines is 5. The molecule has 14 rings (SSSR count). The van der Waals surface area contributed by atoms with Gasteiger partial charge in [0.25, 0.3) is 0 Å². The highest BCUT2D eigenvalue weighted by Crippen LogP contribution is 2.64. The van der Waals surface area contributed by atoms with Crippen molar-refractivity contribution in [1.29, 1.82) is 0 Å². The van der Waals surface area contributed by atoms with Crippen molar-refractivity contribution in [2.75, 3.05) is 9.80 Å². The van der Waals surface area contributed by atoms with Crippen LogP contribution >= 0.6 is 0 Å². The number of fused-ring (bicyclic) bond motifs is 10. The molecule has 2 atom stereocenters. The first-order valence-electron chi connectivity index (χ1n) is 26.6. The Morgan fingerprint density at radius 3 is 1.16 bits per heavy atom. The van der Waals surface area contributed by atoms with Gasteiger partial charge in [-0.3, -0.25) is 0 Å². The van der Waals surface area contributed by atoms with Crippen LogP contribution in [0.15, 0.2) is 297 Å². The summed E-state index contributed by atoms with van der Waals surface area (Å²) in [5.74, 6) is 0.207. The second kappa shape index (κ2) is 18.8. The fourth-order valence-electron chi connectivity index (χ4n) is 12.6. The Morgan fingerprint density at radius 1 is 0.303 bits per heavy atom. The van der Waals surface area contributed by atoms with Crippen molar-refractivity contribution in [3.05, 3.63) is 325 Å². The summed E-state index contributed by atoms with van der Waals surface area (Å²) in [5.41, 5.74) is 25.1. The number of benzene rings is 11. The van der Waals surface area contributed by atoms with Gasteiger partial charge in [-0.15, -0.1) is 0 Å². The van der Waals surface area contributed by atoms with Gasteiger partial charge in [0.05, 0.1) is 11.5 Å². The van der Waals surface area contributed by atoms with Crippen molar-refractivity contribution in [2.45, 2.75) is 18.4 Å². The van der Waals surface area contributed by atoms with E-state index in [1.54, 1.807) is 0 Å². The van der Waals surface area contributed by atoms with Crippen LogP contribution in [0.1, 0.15) is 34.7 Å². The lowest BCUT2D eigenvalue weighted by Gasteiger charge is -2.38. The fourth-order valence-corrected chi connectivity index (χ4v) is 12.6. The lowest BCUT2D eigenvalue weighted by Crippen LogP contribution is -2.36. The Morgan fingerprint density at radius 2 is 0.671 bits per heavy atom. The molecule has 3 aliphatic carbocycles. The third-order valence-corrected chi connectivity index (χ3v) is 16.2. The van der Waals surface area contributed by atoms with E-state index in [0.29, 0.717) is 0 Å². The maximum absolute atomic E-state index is 2.57. The average molecular weight is 971 g/mol. The van der Waals surface area contributed by atoms with Gasteiger partial charge in [0.1, 0.15) is 0 Å². The molecule has 360 valence electrons. The molecule has 0 fully saturated rings. The summed E-state index contributed by atoms with van der Waals surface area (Å²) in [5, 5.41) is 0. The summed E-state index contributed by atoms with van der Waals surface area (Å²) in [6.45, 7) is 2.37. The molecule has 0 bridgehead atoms. The Bertz CT molecular complexity index is 3840. The van der Waals surface area contributed by atoms with E-state index in [1.165, 1.54) is 100 Å². The van der Waals surface area contributed by atoms with Crippen molar-refractivity contribution in [3.8, 4) is 55.6 Å². The van der Waals surface area contributed by atoms with Gasteiger partial charge in [-0.1, -0.05) is 244 Å². The van der Waals surface area contributed by atoms with E-state index < -0.39 is 5.41 Å². The zero-order chi connectivity index (χ0) is 50.6. The van der Waals surface area contributed by atoms with Crippen LogP contribution in [0.4, 0.5) is 28.4 Å². The molecule has 2 heteroatoms. The zero-order valence-electron chi connectivity index (χ0n) is 42.3. The molecule has 0 heterocycles. The van der Waals surface area contributed by atoms with E-state index in [2.05, 4.69) is 314 Å². The van der Waals surface area contributed by atoms with Crippen LogP contribution in [0.2, 0.25) is 0 Å². The molecular weight excluding hydrogens is 917 g/mol. The molecule has 1 spiro atoms. The SMILES string of the molecule is CC1C=C(c2ccc(-c3ccccc3)cc2)C=CC1N(c1ccccc1)c1ccc2c(c1)C1(c3ccccc3-c3ccccc31)c1cc(N(c3ccc(-c4ccccc4)cc3)c3ccc(-c4ccccc4)cc3)ccc1-2. The van der Waals surface area contributed by atoms with E-state index >= 15 is 0 Å². The van der Waals surface area contributed by atoms with Crippen molar-refractivity contribution in [3.63, 3.8) is 0 Å². The second-order valence-corrected chi connectivity index (χ2v) is 20.4. The first-order chi connectivity index (χ1) is 37.6. The monoisotopic (exact) mass is 970 g/mol. The normalized spacial score (nSPS) is 15.3. The predicted octanol–water partition coefficient (Wildman–Crippen LogP) is 19.3. The van der Waals surface area contributed by atoms with Crippen molar-refractivity contribution < 1.29 is 0 Å². The van der Waals surface area contributed by atoms with Gasteiger partial charge in [0, 0.05) is 28.4 Å². The van der Waals surface area contributed by atoms with Crippen LogP contribution in [-0.4, -0.2) is 6.04 Å². The van der Waals surface area contributed by atoms with Crippen LogP contribution in [0, 0.1) is 5.92 Å². The topological polar surface area (TPSA) is 6.48 Å². The van der Waals surface area contributed by atoms with E-state index in [-0.39, 0.29) is 12.0 Å². The van der Waals surface area contributed by atoms with Gasteiger partial charge in [0.2, 0.25) is 0 Å². The van der Waals surface area contributed by atoms with Crippen LogP contribution in [0.25, 0.3) is 61.2 Å². The number of rotatable bonds is 10. The molecule has 76 heavy (non-hydrogen) atoms. The number of allylic oxidation sites excluding steroid dienone is 2. The molecule has 2 unspecified atom stereocenters. The maximum Gasteiger partial charge on any atom is 0.0727 e. The minimum absolute atomic E-state index is 0.0670. The third kappa shape index (κ3) is 7.56. The largest absolute Gasteiger partial charge is 0.334 e. The molecular formula is C74H54N2. The van der Waals surface area contributed by atoms with E-state index in [4.69, 9.17) is 0 Å². The van der Waals surface area contributed by atoms with Crippen molar-refractivity contribution in [1.82, 2.24) is 0 Å². The number of para-hydroxylation sites is 1. The van der Waals surface area contributed by atoms with Crippen LogP contribution in [0.3, 0.4) is 0 Å². The number of nitrogens with zero attached hydrogens (tertiary/aromatic N) is 2. The minimum Gasteiger partial charge on any atom is -0.334 e. The predicted molar refractivity (Wildman–Crippen MR) is 319 cm³/mol. The Kier molecular flexibility index (Phi) is 11.1. The molecule has 0 saturated heterocycles. The third-order valence-electron chi connectivity index (χ3n) is 16.2. The summed E-state index contributed by atoms with van der Waals surface area (Å²) >= 11 is 0. The number of hydrogen-bond acceptors (Lipinski definition) is 2. The minimum atomic E-state index is -0.584. The van der Waals surface area contributed by atoms with Crippen LogP contribution in [0.5, 0.6) is 0 Å². The van der Waals surface area contributed by atoms with Gasteiger partial charge >= 0.3 is 0 Å². The first-order valence-corrected chi connectivity index (χ1v) is 26.6. The smallest absolute Gasteiger partial charge is 0.0727 e. The van der Waals surface area contributed by atoms with Crippen LogP contribution in [-0.2, 0) is 5.41 Å². The highest BCUT2D eigenvalue weighted by atomic mass is 15.2. The highest BCUT2D eigenvalue weighted by Gasteiger charge is 2.52. The molecule has 0 amide bonds. The van der Waals surface area contributed by atoms with Crippen molar-refractivity contribution in [2.24, 2.45) is 5.92 Å². The molecule has 3 aliphatic rings. The molecule has 11 aromatic carbocycles. The van der Waals surface area contributed by atoms with E-state index in [9.17, 15) is 0 Å². The molecule has 0 N–H and O–H groups in total. The Labute approximate surface area is 446 Å². The van der Waals surface area contributed by atoms with Gasteiger partial charge in [-0.2, -0.15) is 0 Å². The second-order valence-electron chi connectivity index (χ2n) is 20.4. The van der Waals surface area contributed by atoms with Crippen LogP contribution < -0.4 is 9.80 Å². The van der Waals surface area contributed by atoms with Gasteiger partial charge in [0.15, 0.2) is 0 Å².